The summed E-state index contributed by atoms with van der Waals surface area (Å²) in [7, 11) is 0. The van der Waals surface area contributed by atoms with Gasteiger partial charge in [-0.3, -0.25) is 9.59 Å². The van der Waals surface area contributed by atoms with Gasteiger partial charge in [-0.1, -0.05) is 19.3 Å². The van der Waals surface area contributed by atoms with Crippen molar-refractivity contribution in [2.24, 2.45) is 5.92 Å². The topological polar surface area (TPSA) is 46.6 Å². The van der Waals surface area contributed by atoms with Gasteiger partial charge >= 0.3 is 5.97 Å². The zero-order valence-electron chi connectivity index (χ0n) is 13.2. The molecule has 0 N–H and O–H groups in total. The second-order valence-corrected chi connectivity index (χ2v) is 5.94. The number of nitrogens with zero attached hydrogens (tertiary/aromatic N) is 1. The molecule has 1 aliphatic rings. The zero-order valence-corrected chi connectivity index (χ0v) is 13.2. The van der Waals surface area contributed by atoms with Crippen LogP contribution in [-0.4, -0.2) is 36.0 Å². The Bertz CT molecular complexity index is 309. The third-order valence-corrected chi connectivity index (χ3v) is 3.99. The van der Waals surface area contributed by atoms with E-state index in [0.717, 1.165) is 0 Å². The van der Waals surface area contributed by atoms with Gasteiger partial charge in [0.15, 0.2) is 0 Å². The van der Waals surface area contributed by atoms with Gasteiger partial charge in [0.1, 0.15) is 0 Å². The number of ether oxygens (including phenoxy) is 1. The van der Waals surface area contributed by atoms with E-state index in [1.165, 1.54) is 32.1 Å². The van der Waals surface area contributed by atoms with Gasteiger partial charge in [0.25, 0.3) is 0 Å². The highest BCUT2D eigenvalue weighted by molar-refractivity contribution is 5.77. The Labute approximate surface area is 122 Å². The van der Waals surface area contributed by atoms with E-state index in [-0.39, 0.29) is 17.9 Å². The van der Waals surface area contributed by atoms with Crippen LogP contribution in [0.15, 0.2) is 0 Å². The molecule has 0 heterocycles. The lowest BCUT2D eigenvalue weighted by Crippen LogP contribution is -2.39. The average Bonchev–Trinajstić information content (AvgIpc) is 2.40. The number of amides is 1. The molecule has 0 spiro atoms. The van der Waals surface area contributed by atoms with Gasteiger partial charge in [-0.05, 0) is 39.5 Å². The summed E-state index contributed by atoms with van der Waals surface area (Å²) in [5.74, 6) is 0.514. The first-order chi connectivity index (χ1) is 9.54. The summed E-state index contributed by atoms with van der Waals surface area (Å²) in [5, 5.41) is 0. The van der Waals surface area contributed by atoms with Crippen LogP contribution in [0, 0.1) is 5.92 Å². The summed E-state index contributed by atoms with van der Waals surface area (Å²) in [6.07, 6.45) is 7.10. The van der Waals surface area contributed by atoms with Crippen LogP contribution in [-0.2, 0) is 14.3 Å². The molecular weight excluding hydrogens is 254 g/mol. The maximum Gasteiger partial charge on any atom is 0.307 e. The fraction of sp³-hybridized carbons (Fsp3) is 0.875. The normalized spacial score (nSPS) is 16.2. The lowest BCUT2D eigenvalue weighted by Gasteiger charge is -2.29. The van der Waals surface area contributed by atoms with Gasteiger partial charge < -0.3 is 9.64 Å². The van der Waals surface area contributed by atoms with Crippen molar-refractivity contribution >= 4 is 11.9 Å². The molecule has 0 unspecified atom stereocenters. The van der Waals surface area contributed by atoms with Crippen molar-refractivity contribution in [3.63, 3.8) is 0 Å². The smallest absolute Gasteiger partial charge is 0.307 e. The standard InChI is InChI=1S/C16H29NO3/c1-4-20-16(19)10-11-17(13(2)3)15(18)12-14-8-6-5-7-9-14/h13-14H,4-12H2,1-3H3. The highest BCUT2D eigenvalue weighted by Crippen LogP contribution is 2.27. The van der Waals surface area contributed by atoms with Crippen molar-refractivity contribution < 1.29 is 14.3 Å². The molecule has 0 atom stereocenters. The van der Waals surface area contributed by atoms with Gasteiger partial charge in [-0.25, -0.2) is 0 Å². The zero-order chi connectivity index (χ0) is 15.0. The molecule has 0 aromatic heterocycles. The minimum Gasteiger partial charge on any atom is -0.466 e. The van der Waals surface area contributed by atoms with Crippen LogP contribution < -0.4 is 0 Å². The van der Waals surface area contributed by atoms with Crippen LogP contribution in [0.5, 0.6) is 0 Å². The molecule has 0 radical (unpaired) electrons. The molecule has 0 saturated heterocycles. The van der Waals surface area contributed by atoms with Crippen LogP contribution >= 0.6 is 0 Å². The first kappa shape index (κ1) is 17.0. The van der Waals surface area contributed by atoms with Crippen molar-refractivity contribution in [3.05, 3.63) is 0 Å². The summed E-state index contributed by atoms with van der Waals surface area (Å²) in [5.41, 5.74) is 0. The fourth-order valence-corrected chi connectivity index (χ4v) is 2.87. The predicted molar refractivity (Wildman–Crippen MR) is 79.3 cm³/mol. The summed E-state index contributed by atoms with van der Waals surface area (Å²) in [6, 6.07) is 0.139. The van der Waals surface area contributed by atoms with Crippen molar-refractivity contribution in [1.82, 2.24) is 4.90 Å². The molecule has 4 heteroatoms. The summed E-state index contributed by atoms with van der Waals surface area (Å²) in [4.78, 5) is 25.6. The molecule has 20 heavy (non-hydrogen) atoms. The van der Waals surface area contributed by atoms with Gasteiger partial charge in [0.2, 0.25) is 5.91 Å². The van der Waals surface area contributed by atoms with Crippen molar-refractivity contribution in [2.45, 2.75) is 71.8 Å². The molecule has 116 valence electrons. The predicted octanol–water partition coefficient (Wildman–Crippen LogP) is 3.15. The molecular formula is C16H29NO3. The highest BCUT2D eigenvalue weighted by Gasteiger charge is 2.23. The number of hydrogen-bond acceptors (Lipinski definition) is 3. The second kappa shape index (κ2) is 8.98. The lowest BCUT2D eigenvalue weighted by molar-refractivity contribution is -0.144. The molecule has 4 nitrogen and oxygen atoms in total. The Kier molecular flexibility index (Phi) is 7.63. The number of esters is 1. The minimum absolute atomic E-state index is 0.139. The number of carbonyl (C=O) groups is 2. The first-order valence-electron chi connectivity index (χ1n) is 7.99. The summed E-state index contributed by atoms with van der Waals surface area (Å²) in [6.45, 7) is 6.68. The Morgan fingerprint density at radius 3 is 2.40 bits per heavy atom. The minimum atomic E-state index is -0.219. The van der Waals surface area contributed by atoms with Gasteiger partial charge in [0, 0.05) is 19.0 Å². The van der Waals surface area contributed by atoms with Crippen LogP contribution in [0.25, 0.3) is 0 Å². The molecule has 0 bridgehead atoms. The van der Waals surface area contributed by atoms with Crippen LogP contribution in [0.3, 0.4) is 0 Å². The Morgan fingerprint density at radius 2 is 1.85 bits per heavy atom. The van der Waals surface area contributed by atoms with E-state index in [9.17, 15) is 9.59 Å². The monoisotopic (exact) mass is 283 g/mol. The lowest BCUT2D eigenvalue weighted by atomic mass is 9.86. The van der Waals surface area contributed by atoms with E-state index in [4.69, 9.17) is 4.74 Å². The molecule has 0 aromatic rings. The summed E-state index contributed by atoms with van der Waals surface area (Å²) < 4.78 is 4.92. The van der Waals surface area contributed by atoms with Gasteiger partial charge in [-0.2, -0.15) is 0 Å². The van der Waals surface area contributed by atoms with E-state index in [2.05, 4.69) is 0 Å². The van der Waals surface area contributed by atoms with Crippen LogP contribution in [0.1, 0.15) is 65.7 Å². The second-order valence-electron chi connectivity index (χ2n) is 5.94. The Hall–Kier alpha value is -1.06. The maximum atomic E-state index is 12.4. The van der Waals surface area contributed by atoms with E-state index < -0.39 is 0 Å². The largest absolute Gasteiger partial charge is 0.466 e. The third kappa shape index (κ3) is 5.93. The number of hydrogen-bond donors (Lipinski definition) is 0. The summed E-state index contributed by atoms with van der Waals surface area (Å²) >= 11 is 0. The first-order valence-corrected chi connectivity index (χ1v) is 7.99. The molecule has 0 aliphatic heterocycles. The van der Waals surface area contributed by atoms with Crippen LogP contribution in [0.4, 0.5) is 0 Å². The van der Waals surface area contributed by atoms with Crippen molar-refractivity contribution in [1.29, 1.82) is 0 Å². The molecule has 0 aromatic carbocycles. The number of rotatable bonds is 7. The molecule has 1 rings (SSSR count). The Morgan fingerprint density at radius 1 is 1.20 bits per heavy atom. The van der Waals surface area contributed by atoms with Gasteiger partial charge in [0.05, 0.1) is 13.0 Å². The van der Waals surface area contributed by atoms with E-state index in [1.807, 2.05) is 18.7 Å². The Balaban J connectivity index is 2.43. The fourth-order valence-electron chi connectivity index (χ4n) is 2.87. The highest BCUT2D eigenvalue weighted by atomic mass is 16.5. The quantitative estimate of drug-likeness (QED) is 0.674. The SMILES string of the molecule is CCOC(=O)CCN(C(=O)CC1CCCCC1)C(C)C. The van der Waals surface area contributed by atoms with Gasteiger partial charge in [-0.15, -0.1) is 0 Å². The molecule has 1 saturated carbocycles. The molecule has 1 amide bonds. The van der Waals surface area contributed by atoms with Crippen molar-refractivity contribution in [3.8, 4) is 0 Å². The van der Waals surface area contributed by atoms with E-state index >= 15 is 0 Å². The molecule has 1 fully saturated rings. The molecule has 1 aliphatic carbocycles. The third-order valence-electron chi connectivity index (χ3n) is 3.99. The number of carbonyl (C=O) groups excluding carboxylic acids is 2. The van der Waals surface area contributed by atoms with E-state index in [0.29, 0.717) is 31.9 Å². The van der Waals surface area contributed by atoms with E-state index in [1.54, 1.807) is 6.92 Å². The average molecular weight is 283 g/mol. The van der Waals surface area contributed by atoms with Crippen LogP contribution in [0.2, 0.25) is 0 Å². The maximum absolute atomic E-state index is 12.4. The van der Waals surface area contributed by atoms with Crippen molar-refractivity contribution in [2.75, 3.05) is 13.2 Å².